The third kappa shape index (κ3) is 7.35. The van der Waals surface area contributed by atoms with Gasteiger partial charge in [0.05, 0.1) is 24.6 Å². The van der Waals surface area contributed by atoms with Gasteiger partial charge in [0, 0.05) is 35.8 Å². The number of carbonyl (C=O) groups is 1. The highest BCUT2D eigenvalue weighted by atomic mass is 16.5. The van der Waals surface area contributed by atoms with E-state index in [0.717, 1.165) is 13.0 Å². The maximum Gasteiger partial charge on any atom is 0.324 e. The minimum absolute atomic E-state index is 0.218. The van der Waals surface area contributed by atoms with Gasteiger partial charge in [0.15, 0.2) is 17.3 Å². The number of urea groups is 1. The van der Waals surface area contributed by atoms with Crippen LogP contribution in [0.1, 0.15) is 33.0 Å². The predicted octanol–water partition coefficient (Wildman–Crippen LogP) is 5.69. The predicted molar refractivity (Wildman–Crippen MR) is 149 cm³/mol. The quantitative estimate of drug-likeness (QED) is 0.247. The van der Waals surface area contributed by atoms with E-state index < -0.39 is 6.03 Å². The number of rotatable bonds is 10. The molecule has 0 radical (unpaired) electrons. The number of nitrogens with zero attached hydrogens (tertiary/aromatic N) is 4. The molecule has 0 bridgehead atoms. The number of aromatic nitrogens is 3. The molecule has 0 aliphatic heterocycles. The van der Waals surface area contributed by atoms with Crippen LogP contribution in [0, 0.1) is 0 Å². The molecule has 0 aliphatic rings. The smallest absolute Gasteiger partial charge is 0.324 e. The van der Waals surface area contributed by atoms with E-state index in [-0.39, 0.29) is 5.41 Å². The van der Waals surface area contributed by atoms with Gasteiger partial charge in [0.1, 0.15) is 17.8 Å². The van der Waals surface area contributed by atoms with Crippen LogP contribution in [0.3, 0.4) is 0 Å². The minimum atomic E-state index is -0.462. The van der Waals surface area contributed by atoms with Crippen molar-refractivity contribution >= 4 is 28.4 Å². The van der Waals surface area contributed by atoms with Crippen LogP contribution in [-0.2, 0) is 5.41 Å². The van der Waals surface area contributed by atoms with Crippen molar-refractivity contribution in [3.63, 3.8) is 0 Å². The van der Waals surface area contributed by atoms with E-state index in [4.69, 9.17) is 18.7 Å². The fraction of sp³-hybridized carbons (Fsp3) is 0.357. The molecule has 0 fully saturated rings. The van der Waals surface area contributed by atoms with Crippen molar-refractivity contribution in [2.24, 2.45) is 0 Å². The zero-order valence-electron chi connectivity index (χ0n) is 23.1. The van der Waals surface area contributed by atoms with Gasteiger partial charge in [-0.25, -0.2) is 14.8 Å². The molecule has 11 heteroatoms. The number of ether oxygens (including phenoxy) is 3. The van der Waals surface area contributed by atoms with Gasteiger partial charge in [-0.05, 0) is 38.7 Å². The summed E-state index contributed by atoms with van der Waals surface area (Å²) in [6.07, 6.45) is 2.29. The van der Waals surface area contributed by atoms with E-state index in [2.05, 4.69) is 30.7 Å². The molecule has 206 valence electrons. The molecule has 0 atom stereocenters. The first kappa shape index (κ1) is 27.6. The van der Waals surface area contributed by atoms with Gasteiger partial charge in [0.25, 0.3) is 0 Å². The molecular weight excluding hydrogens is 500 g/mol. The number of amides is 2. The molecule has 2 aromatic carbocycles. The Bertz CT molecular complexity index is 1430. The van der Waals surface area contributed by atoms with Gasteiger partial charge >= 0.3 is 6.03 Å². The summed E-state index contributed by atoms with van der Waals surface area (Å²) in [5, 5.41) is 10.0. The molecule has 0 saturated carbocycles. The number of hydrogen-bond donors (Lipinski definition) is 2. The highest BCUT2D eigenvalue weighted by Gasteiger charge is 2.20. The van der Waals surface area contributed by atoms with E-state index in [1.165, 1.54) is 6.33 Å². The standard InChI is InChI=1S/C28H34N6O5/c1-28(2,3)24-16-25(33-39-24)32-27(35)31-18-9-7-10-19(13-18)38-26-20-14-23(37-12-8-11-34(4)5)22(36-6)15-21(20)29-17-30-26/h7,9-10,13-17H,8,11-12H2,1-6H3,(H2,31,32,33,35). The largest absolute Gasteiger partial charge is 0.493 e. The van der Waals surface area contributed by atoms with E-state index in [0.29, 0.717) is 57.9 Å². The van der Waals surface area contributed by atoms with Crippen LogP contribution < -0.4 is 24.8 Å². The summed E-state index contributed by atoms with van der Waals surface area (Å²) in [4.78, 5) is 23.3. The lowest BCUT2D eigenvalue weighted by molar-refractivity contribution is 0.262. The lowest BCUT2D eigenvalue weighted by Gasteiger charge is -2.14. The van der Waals surface area contributed by atoms with Gasteiger partial charge in [-0.2, -0.15) is 0 Å². The third-order valence-corrected chi connectivity index (χ3v) is 5.69. The fourth-order valence-electron chi connectivity index (χ4n) is 3.67. The van der Waals surface area contributed by atoms with Crippen molar-refractivity contribution in [1.82, 2.24) is 20.0 Å². The van der Waals surface area contributed by atoms with Crippen LogP contribution in [0.5, 0.6) is 23.1 Å². The average Bonchev–Trinajstić information content (AvgIpc) is 3.35. The molecule has 11 nitrogen and oxygen atoms in total. The molecule has 2 N–H and O–H groups in total. The first-order valence-electron chi connectivity index (χ1n) is 12.6. The van der Waals surface area contributed by atoms with E-state index >= 15 is 0 Å². The van der Waals surface area contributed by atoms with Crippen LogP contribution in [0.4, 0.5) is 16.3 Å². The van der Waals surface area contributed by atoms with Gasteiger partial charge in [-0.1, -0.05) is 32.0 Å². The Morgan fingerprint density at radius 2 is 1.87 bits per heavy atom. The lowest BCUT2D eigenvalue weighted by atomic mass is 9.93. The van der Waals surface area contributed by atoms with Crippen LogP contribution in [0.15, 0.2) is 53.3 Å². The van der Waals surface area contributed by atoms with Crippen molar-refractivity contribution in [2.75, 3.05) is 45.0 Å². The summed E-state index contributed by atoms with van der Waals surface area (Å²) in [6.45, 7) is 7.44. The summed E-state index contributed by atoms with van der Waals surface area (Å²) >= 11 is 0. The molecule has 4 rings (SSSR count). The average molecular weight is 535 g/mol. The second kappa shape index (κ2) is 12.0. The Hall–Kier alpha value is -4.38. The molecule has 2 heterocycles. The highest BCUT2D eigenvalue weighted by Crippen LogP contribution is 2.36. The summed E-state index contributed by atoms with van der Waals surface area (Å²) in [6, 6.07) is 11.8. The molecule has 2 aromatic heterocycles. The summed E-state index contributed by atoms with van der Waals surface area (Å²) in [5.74, 6) is 2.99. The van der Waals surface area contributed by atoms with Gasteiger partial charge < -0.3 is 29.0 Å². The normalized spacial score (nSPS) is 11.5. The fourth-order valence-corrected chi connectivity index (χ4v) is 3.67. The molecule has 2 amide bonds. The van der Waals surface area contributed by atoms with Crippen molar-refractivity contribution < 1.29 is 23.5 Å². The number of fused-ring (bicyclic) bond motifs is 1. The SMILES string of the molecule is COc1cc2ncnc(Oc3cccc(NC(=O)Nc4cc(C(C)(C)C)on4)c3)c2cc1OCCCN(C)C. The molecule has 0 spiro atoms. The Morgan fingerprint density at radius 3 is 2.59 bits per heavy atom. The minimum Gasteiger partial charge on any atom is -0.493 e. The number of benzene rings is 2. The molecule has 39 heavy (non-hydrogen) atoms. The van der Waals surface area contributed by atoms with Gasteiger partial charge in [0.2, 0.25) is 5.88 Å². The van der Waals surface area contributed by atoms with Crippen molar-refractivity contribution in [2.45, 2.75) is 32.6 Å². The van der Waals surface area contributed by atoms with Crippen LogP contribution in [0.2, 0.25) is 0 Å². The summed E-state index contributed by atoms with van der Waals surface area (Å²) < 4.78 is 22.9. The number of anilines is 2. The highest BCUT2D eigenvalue weighted by molar-refractivity contribution is 5.99. The molecule has 0 unspecified atom stereocenters. The zero-order chi connectivity index (χ0) is 28.0. The number of methoxy groups -OCH3 is 1. The number of carbonyl (C=O) groups excluding carboxylic acids is 1. The van der Waals surface area contributed by atoms with Gasteiger partial charge in [-0.3, -0.25) is 5.32 Å². The second-order valence-corrected chi connectivity index (χ2v) is 10.2. The first-order valence-corrected chi connectivity index (χ1v) is 12.6. The Labute approximate surface area is 227 Å². The Balaban J connectivity index is 1.48. The maximum absolute atomic E-state index is 12.5. The van der Waals surface area contributed by atoms with E-state index in [1.54, 1.807) is 43.5 Å². The molecule has 4 aromatic rings. The van der Waals surface area contributed by atoms with Crippen LogP contribution >= 0.6 is 0 Å². The number of nitrogens with one attached hydrogen (secondary N) is 2. The maximum atomic E-state index is 12.5. The second-order valence-electron chi connectivity index (χ2n) is 10.2. The van der Waals surface area contributed by atoms with Gasteiger partial charge in [-0.15, -0.1) is 0 Å². The first-order chi connectivity index (χ1) is 18.6. The Morgan fingerprint density at radius 1 is 1.05 bits per heavy atom. The van der Waals surface area contributed by atoms with E-state index in [9.17, 15) is 4.79 Å². The topological polar surface area (TPSA) is 124 Å². The lowest BCUT2D eigenvalue weighted by Crippen LogP contribution is -2.19. The van der Waals surface area contributed by atoms with Crippen molar-refractivity contribution in [3.05, 3.63) is 54.6 Å². The third-order valence-electron chi connectivity index (χ3n) is 5.69. The monoisotopic (exact) mass is 534 g/mol. The molecule has 0 aliphatic carbocycles. The zero-order valence-corrected chi connectivity index (χ0v) is 23.1. The van der Waals surface area contributed by atoms with E-state index in [1.807, 2.05) is 40.9 Å². The van der Waals surface area contributed by atoms with Crippen molar-refractivity contribution in [3.8, 4) is 23.1 Å². The molecular formula is C28H34N6O5. The Kier molecular flexibility index (Phi) is 8.50. The van der Waals surface area contributed by atoms with Crippen LogP contribution in [-0.4, -0.2) is 60.4 Å². The summed E-state index contributed by atoms with van der Waals surface area (Å²) in [5.41, 5.74) is 0.951. The number of hydrogen-bond acceptors (Lipinski definition) is 9. The van der Waals surface area contributed by atoms with Crippen LogP contribution in [0.25, 0.3) is 10.9 Å². The summed E-state index contributed by atoms with van der Waals surface area (Å²) in [7, 11) is 5.63. The molecule has 0 saturated heterocycles. The van der Waals surface area contributed by atoms with Crippen molar-refractivity contribution in [1.29, 1.82) is 0 Å².